The summed E-state index contributed by atoms with van der Waals surface area (Å²) in [5.74, 6) is 0.779. The van der Waals surface area contributed by atoms with Crippen LogP contribution in [0.25, 0.3) is 0 Å². The van der Waals surface area contributed by atoms with Gasteiger partial charge in [-0.3, -0.25) is 4.79 Å². The predicted molar refractivity (Wildman–Crippen MR) is 62.9 cm³/mol. The summed E-state index contributed by atoms with van der Waals surface area (Å²) in [6.07, 6.45) is 3.31. The standard InChI is InChI=1S/C13H22O4/c1-2-5-16-13-11(14)8-12(13)17-9-10-3-6-15-7-4-10/h10,12-13H,2-9H2,1H3. The molecule has 1 saturated carbocycles. The average molecular weight is 242 g/mol. The molecular weight excluding hydrogens is 220 g/mol. The van der Waals surface area contributed by atoms with E-state index in [4.69, 9.17) is 14.2 Å². The quantitative estimate of drug-likeness (QED) is 0.709. The molecule has 1 saturated heterocycles. The van der Waals surface area contributed by atoms with Crippen LogP contribution in [0.15, 0.2) is 0 Å². The van der Waals surface area contributed by atoms with E-state index in [1.54, 1.807) is 0 Å². The Kier molecular flexibility index (Phi) is 4.95. The van der Waals surface area contributed by atoms with Crippen LogP contribution in [0, 0.1) is 5.92 Å². The Morgan fingerprint density at radius 1 is 1.29 bits per heavy atom. The summed E-state index contributed by atoms with van der Waals surface area (Å²) in [4.78, 5) is 11.4. The lowest BCUT2D eigenvalue weighted by Crippen LogP contribution is -2.51. The highest BCUT2D eigenvalue weighted by Crippen LogP contribution is 2.25. The minimum Gasteiger partial charge on any atom is -0.381 e. The van der Waals surface area contributed by atoms with Crippen molar-refractivity contribution >= 4 is 5.78 Å². The van der Waals surface area contributed by atoms with E-state index in [1.807, 2.05) is 6.92 Å². The summed E-state index contributed by atoms with van der Waals surface area (Å²) in [6, 6.07) is 0. The van der Waals surface area contributed by atoms with Crippen LogP contribution >= 0.6 is 0 Å². The number of Topliss-reactive ketones (excluding diaryl/α,β-unsaturated/α-hetero) is 1. The van der Waals surface area contributed by atoms with Crippen molar-refractivity contribution in [2.75, 3.05) is 26.4 Å². The van der Waals surface area contributed by atoms with E-state index in [0.29, 0.717) is 18.9 Å². The highest BCUT2D eigenvalue weighted by molar-refractivity contribution is 5.90. The number of carbonyl (C=O) groups excluding carboxylic acids is 1. The molecule has 2 fully saturated rings. The van der Waals surface area contributed by atoms with Crippen LogP contribution in [-0.4, -0.2) is 44.4 Å². The van der Waals surface area contributed by atoms with Gasteiger partial charge in [0.05, 0.1) is 12.7 Å². The number of rotatable bonds is 6. The molecule has 1 aliphatic heterocycles. The van der Waals surface area contributed by atoms with Gasteiger partial charge in [0.25, 0.3) is 0 Å². The third kappa shape index (κ3) is 3.50. The topological polar surface area (TPSA) is 44.8 Å². The minimum absolute atomic E-state index is 0.00288. The van der Waals surface area contributed by atoms with Gasteiger partial charge in [0.1, 0.15) is 6.10 Å². The van der Waals surface area contributed by atoms with Gasteiger partial charge in [-0.1, -0.05) is 6.92 Å². The average Bonchev–Trinajstić information content (AvgIpc) is 2.36. The van der Waals surface area contributed by atoms with Crippen LogP contribution < -0.4 is 0 Å². The zero-order valence-corrected chi connectivity index (χ0v) is 10.5. The first-order valence-electron chi connectivity index (χ1n) is 6.65. The lowest BCUT2D eigenvalue weighted by Gasteiger charge is -2.35. The van der Waals surface area contributed by atoms with Gasteiger partial charge in [-0.2, -0.15) is 0 Å². The van der Waals surface area contributed by atoms with Gasteiger partial charge in [-0.25, -0.2) is 0 Å². The van der Waals surface area contributed by atoms with Crippen LogP contribution in [0.4, 0.5) is 0 Å². The fourth-order valence-electron chi connectivity index (χ4n) is 2.23. The van der Waals surface area contributed by atoms with Gasteiger partial charge in [-0.15, -0.1) is 0 Å². The molecule has 2 aliphatic rings. The summed E-state index contributed by atoms with van der Waals surface area (Å²) in [5.41, 5.74) is 0. The molecule has 98 valence electrons. The molecule has 0 aromatic carbocycles. The smallest absolute Gasteiger partial charge is 0.166 e. The molecule has 1 aliphatic carbocycles. The van der Waals surface area contributed by atoms with Gasteiger partial charge < -0.3 is 14.2 Å². The Labute approximate surface area is 103 Å². The molecule has 4 nitrogen and oxygen atoms in total. The Bertz CT molecular complexity index is 248. The summed E-state index contributed by atoms with van der Waals surface area (Å²) in [6.45, 7) is 5.11. The Hall–Kier alpha value is -0.450. The monoisotopic (exact) mass is 242 g/mol. The molecule has 2 rings (SSSR count). The Morgan fingerprint density at radius 2 is 2.06 bits per heavy atom. The third-order valence-corrected chi connectivity index (χ3v) is 3.45. The molecular formula is C13H22O4. The first kappa shape index (κ1) is 13.0. The van der Waals surface area contributed by atoms with Crippen molar-refractivity contribution < 1.29 is 19.0 Å². The second-order valence-electron chi connectivity index (χ2n) is 4.89. The number of hydrogen-bond donors (Lipinski definition) is 0. The summed E-state index contributed by atoms with van der Waals surface area (Å²) < 4.78 is 16.6. The third-order valence-electron chi connectivity index (χ3n) is 3.45. The molecule has 0 aromatic heterocycles. The van der Waals surface area contributed by atoms with Gasteiger partial charge in [-0.05, 0) is 25.2 Å². The summed E-state index contributed by atoms with van der Waals surface area (Å²) in [5, 5.41) is 0. The van der Waals surface area contributed by atoms with Crippen molar-refractivity contribution in [3.8, 4) is 0 Å². The highest BCUT2D eigenvalue weighted by Gasteiger charge is 2.41. The largest absolute Gasteiger partial charge is 0.381 e. The van der Waals surface area contributed by atoms with E-state index in [-0.39, 0.29) is 18.0 Å². The minimum atomic E-state index is -0.296. The van der Waals surface area contributed by atoms with E-state index in [0.717, 1.165) is 39.1 Å². The van der Waals surface area contributed by atoms with Crippen LogP contribution in [-0.2, 0) is 19.0 Å². The zero-order chi connectivity index (χ0) is 12.1. The molecule has 0 bridgehead atoms. The molecule has 0 spiro atoms. The van der Waals surface area contributed by atoms with Gasteiger partial charge >= 0.3 is 0 Å². The van der Waals surface area contributed by atoms with Crippen LogP contribution in [0.1, 0.15) is 32.6 Å². The van der Waals surface area contributed by atoms with E-state index >= 15 is 0 Å². The van der Waals surface area contributed by atoms with E-state index in [2.05, 4.69) is 0 Å². The molecule has 0 amide bonds. The van der Waals surface area contributed by atoms with Gasteiger partial charge in [0.2, 0.25) is 0 Å². The molecule has 0 N–H and O–H groups in total. The molecule has 0 aromatic rings. The van der Waals surface area contributed by atoms with Gasteiger partial charge in [0, 0.05) is 26.2 Å². The van der Waals surface area contributed by atoms with Crippen molar-refractivity contribution in [1.29, 1.82) is 0 Å². The number of hydrogen-bond acceptors (Lipinski definition) is 4. The predicted octanol–water partition coefficient (Wildman–Crippen LogP) is 1.57. The van der Waals surface area contributed by atoms with Crippen molar-refractivity contribution in [3.05, 3.63) is 0 Å². The molecule has 2 atom stereocenters. The maximum absolute atomic E-state index is 11.4. The first-order chi connectivity index (χ1) is 8.31. The van der Waals surface area contributed by atoms with E-state index in [9.17, 15) is 4.79 Å². The number of carbonyl (C=O) groups is 1. The van der Waals surface area contributed by atoms with E-state index in [1.165, 1.54) is 0 Å². The van der Waals surface area contributed by atoms with Crippen molar-refractivity contribution in [3.63, 3.8) is 0 Å². The second kappa shape index (κ2) is 6.47. The zero-order valence-electron chi connectivity index (χ0n) is 10.5. The molecule has 17 heavy (non-hydrogen) atoms. The first-order valence-corrected chi connectivity index (χ1v) is 6.65. The Balaban J connectivity index is 1.66. The van der Waals surface area contributed by atoms with E-state index < -0.39 is 0 Å². The SMILES string of the molecule is CCCOC1C(=O)CC1OCC1CCOCC1. The molecule has 4 heteroatoms. The Morgan fingerprint density at radius 3 is 2.71 bits per heavy atom. The van der Waals surface area contributed by atoms with Crippen LogP contribution in [0.2, 0.25) is 0 Å². The highest BCUT2D eigenvalue weighted by atomic mass is 16.5. The lowest BCUT2D eigenvalue weighted by atomic mass is 9.89. The molecule has 0 radical (unpaired) electrons. The lowest BCUT2D eigenvalue weighted by molar-refractivity contribution is -0.168. The molecule has 1 heterocycles. The van der Waals surface area contributed by atoms with Crippen LogP contribution in [0.3, 0.4) is 0 Å². The fourth-order valence-corrected chi connectivity index (χ4v) is 2.23. The summed E-state index contributed by atoms with van der Waals surface area (Å²) >= 11 is 0. The number of ether oxygens (including phenoxy) is 3. The summed E-state index contributed by atoms with van der Waals surface area (Å²) in [7, 11) is 0. The van der Waals surface area contributed by atoms with Crippen molar-refractivity contribution in [2.24, 2.45) is 5.92 Å². The van der Waals surface area contributed by atoms with Gasteiger partial charge in [0.15, 0.2) is 5.78 Å². The van der Waals surface area contributed by atoms with Crippen molar-refractivity contribution in [2.45, 2.75) is 44.8 Å². The number of ketones is 1. The fraction of sp³-hybridized carbons (Fsp3) is 0.923. The normalized spacial score (nSPS) is 30.3. The maximum atomic E-state index is 11.4. The molecule has 2 unspecified atom stereocenters. The van der Waals surface area contributed by atoms with Crippen LogP contribution in [0.5, 0.6) is 0 Å². The van der Waals surface area contributed by atoms with Crippen molar-refractivity contribution in [1.82, 2.24) is 0 Å². The maximum Gasteiger partial charge on any atom is 0.166 e. The second-order valence-corrected chi connectivity index (χ2v) is 4.89.